The van der Waals surface area contributed by atoms with Crippen LogP contribution in [0, 0.1) is 5.92 Å². The molecule has 24 heavy (non-hydrogen) atoms. The first-order valence-electron chi connectivity index (χ1n) is 9.05. The first-order chi connectivity index (χ1) is 11.3. The molecule has 6 heteroatoms. The number of piperazine rings is 1. The number of hydrogen-bond acceptors (Lipinski definition) is 3. The maximum absolute atomic E-state index is 12.2. The summed E-state index contributed by atoms with van der Waals surface area (Å²) in [6, 6.07) is -0.0918. The fraction of sp³-hybridized carbons (Fsp3) is 0.778. The van der Waals surface area contributed by atoms with Crippen LogP contribution in [0.25, 0.3) is 0 Å². The number of carbonyl (C=O) groups is 2. The Balaban J connectivity index is 1.70. The minimum Gasteiger partial charge on any atom is -0.444 e. The van der Waals surface area contributed by atoms with Crippen molar-refractivity contribution in [1.82, 2.24) is 15.1 Å². The summed E-state index contributed by atoms with van der Waals surface area (Å²) in [4.78, 5) is 27.6. The summed E-state index contributed by atoms with van der Waals surface area (Å²) in [5, 5.41) is 2.85. The lowest BCUT2D eigenvalue weighted by atomic mass is 9.89. The standard InChI is InChI=1S/C18H31N3O3/c1-18(2,3)24-17(23)21-13-11-20(12-14-21)16(22)19-10-9-15-7-5-4-6-8-15/h9-10,15H,4-8,11-14H2,1-3H3,(H,19,22)/b10-9+. The highest BCUT2D eigenvalue weighted by atomic mass is 16.6. The number of nitrogens with one attached hydrogen (secondary N) is 1. The zero-order valence-electron chi connectivity index (χ0n) is 15.2. The highest BCUT2D eigenvalue weighted by molar-refractivity contribution is 5.76. The summed E-state index contributed by atoms with van der Waals surface area (Å²) in [5.74, 6) is 0.600. The van der Waals surface area contributed by atoms with Crippen LogP contribution in [0.1, 0.15) is 52.9 Å². The van der Waals surface area contributed by atoms with E-state index in [1.165, 1.54) is 32.1 Å². The number of allylic oxidation sites excluding steroid dienone is 1. The zero-order chi connectivity index (χ0) is 17.6. The van der Waals surface area contributed by atoms with E-state index in [1.807, 2.05) is 20.8 Å². The molecule has 1 N–H and O–H groups in total. The fourth-order valence-electron chi connectivity index (χ4n) is 3.09. The molecule has 0 aromatic heterocycles. The first kappa shape index (κ1) is 18.6. The van der Waals surface area contributed by atoms with Crippen LogP contribution in [0.3, 0.4) is 0 Å². The molecule has 2 fully saturated rings. The Morgan fingerprint density at radius 2 is 1.58 bits per heavy atom. The van der Waals surface area contributed by atoms with Crippen LogP contribution in [-0.2, 0) is 4.74 Å². The van der Waals surface area contributed by atoms with Gasteiger partial charge in [-0.25, -0.2) is 9.59 Å². The maximum atomic E-state index is 12.2. The number of ether oxygens (including phenoxy) is 1. The molecule has 6 nitrogen and oxygen atoms in total. The van der Waals surface area contributed by atoms with Crippen LogP contribution in [0.2, 0.25) is 0 Å². The molecule has 0 spiro atoms. The number of amides is 3. The molecule has 0 radical (unpaired) electrons. The molecule has 1 heterocycles. The molecule has 0 unspecified atom stereocenters. The second-order valence-corrected chi connectivity index (χ2v) is 7.66. The third kappa shape index (κ3) is 6.06. The molecule has 0 aromatic carbocycles. The molecule has 136 valence electrons. The monoisotopic (exact) mass is 337 g/mol. The van der Waals surface area contributed by atoms with E-state index in [4.69, 9.17) is 4.74 Å². The van der Waals surface area contributed by atoms with E-state index in [0.717, 1.165) is 0 Å². The van der Waals surface area contributed by atoms with Gasteiger partial charge < -0.3 is 19.9 Å². The van der Waals surface area contributed by atoms with Gasteiger partial charge in [-0.1, -0.05) is 25.3 Å². The van der Waals surface area contributed by atoms with Gasteiger partial charge in [0.05, 0.1) is 0 Å². The maximum Gasteiger partial charge on any atom is 0.410 e. The minimum atomic E-state index is -0.491. The highest BCUT2D eigenvalue weighted by Crippen LogP contribution is 2.24. The molecule has 1 aliphatic heterocycles. The van der Waals surface area contributed by atoms with Crippen LogP contribution in [0.4, 0.5) is 9.59 Å². The molecule has 0 bridgehead atoms. The molecule has 1 saturated heterocycles. The molecular weight excluding hydrogens is 306 g/mol. The van der Waals surface area contributed by atoms with Crippen LogP contribution >= 0.6 is 0 Å². The van der Waals surface area contributed by atoms with E-state index in [0.29, 0.717) is 32.1 Å². The topological polar surface area (TPSA) is 61.9 Å². The molecule has 2 aliphatic rings. The van der Waals surface area contributed by atoms with Gasteiger partial charge in [0.15, 0.2) is 0 Å². The van der Waals surface area contributed by atoms with Crippen molar-refractivity contribution in [2.45, 2.75) is 58.5 Å². The summed E-state index contributed by atoms with van der Waals surface area (Å²) in [6.45, 7) is 7.64. The van der Waals surface area contributed by atoms with Gasteiger partial charge in [-0.3, -0.25) is 0 Å². The van der Waals surface area contributed by atoms with Gasteiger partial charge in [-0.15, -0.1) is 0 Å². The lowest BCUT2D eigenvalue weighted by Crippen LogP contribution is -2.53. The average Bonchev–Trinajstić information content (AvgIpc) is 2.54. The lowest BCUT2D eigenvalue weighted by molar-refractivity contribution is 0.0171. The van der Waals surface area contributed by atoms with E-state index < -0.39 is 5.60 Å². The molecule has 3 amide bonds. The SMILES string of the molecule is CC(C)(C)OC(=O)N1CCN(C(=O)N/C=C/C2CCCCC2)CC1. The molecular formula is C18H31N3O3. The molecule has 1 saturated carbocycles. The van der Waals surface area contributed by atoms with Gasteiger partial charge in [0.1, 0.15) is 5.60 Å². The Hall–Kier alpha value is -1.72. The average molecular weight is 337 g/mol. The fourth-order valence-corrected chi connectivity index (χ4v) is 3.09. The summed E-state index contributed by atoms with van der Waals surface area (Å²) < 4.78 is 5.36. The van der Waals surface area contributed by atoms with Gasteiger partial charge >= 0.3 is 12.1 Å². The predicted molar refractivity (Wildman–Crippen MR) is 93.6 cm³/mol. The number of urea groups is 1. The van der Waals surface area contributed by atoms with E-state index in [1.54, 1.807) is 16.0 Å². The minimum absolute atomic E-state index is 0.0918. The van der Waals surface area contributed by atoms with Crippen molar-refractivity contribution >= 4 is 12.1 Å². The summed E-state index contributed by atoms with van der Waals surface area (Å²) in [6.07, 6.45) is 9.96. The number of hydrogen-bond donors (Lipinski definition) is 1. The second-order valence-electron chi connectivity index (χ2n) is 7.66. The van der Waals surface area contributed by atoms with Crippen LogP contribution in [0.5, 0.6) is 0 Å². The Bertz CT molecular complexity index is 457. The van der Waals surface area contributed by atoms with E-state index in [-0.39, 0.29) is 12.1 Å². The van der Waals surface area contributed by atoms with Crippen LogP contribution in [-0.4, -0.2) is 53.7 Å². The van der Waals surface area contributed by atoms with Gasteiger partial charge in [0.25, 0.3) is 0 Å². The zero-order valence-corrected chi connectivity index (χ0v) is 15.2. The summed E-state index contributed by atoms with van der Waals surface area (Å²) >= 11 is 0. The molecule has 2 rings (SSSR count). The van der Waals surface area contributed by atoms with Crippen LogP contribution < -0.4 is 5.32 Å². The van der Waals surface area contributed by atoms with E-state index >= 15 is 0 Å². The van der Waals surface area contributed by atoms with Gasteiger partial charge in [0.2, 0.25) is 0 Å². The Kier molecular flexibility index (Phi) is 6.52. The normalized spacial score (nSPS) is 20.3. The summed E-state index contributed by atoms with van der Waals surface area (Å²) in [7, 11) is 0. The smallest absolute Gasteiger partial charge is 0.410 e. The van der Waals surface area contributed by atoms with Crippen molar-refractivity contribution in [3.8, 4) is 0 Å². The van der Waals surface area contributed by atoms with Crippen molar-refractivity contribution in [1.29, 1.82) is 0 Å². The lowest BCUT2D eigenvalue weighted by Gasteiger charge is -2.35. The molecule has 0 aromatic rings. The van der Waals surface area contributed by atoms with E-state index in [9.17, 15) is 9.59 Å². The van der Waals surface area contributed by atoms with Crippen molar-refractivity contribution in [3.63, 3.8) is 0 Å². The predicted octanol–water partition coefficient (Wildman–Crippen LogP) is 3.34. The quantitative estimate of drug-likeness (QED) is 0.840. The number of carbonyl (C=O) groups excluding carboxylic acids is 2. The van der Waals surface area contributed by atoms with Crippen molar-refractivity contribution in [2.24, 2.45) is 5.92 Å². The van der Waals surface area contributed by atoms with Gasteiger partial charge in [-0.05, 0) is 39.5 Å². The van der Waals surface area contributed by atoms with E-state index in [2.05, 4.69) is 11.4 Å². The molecule has 1 aliphatic carbocycles. The number of nitrogens with zero attached hydrogens (tertiary/aromatic N) is 2. The van der Waals surface area contributed by atoms with Gasteiger partial charge in [0, 0.05) is 32.4 Å². The first-order valence-corrected chi connectivity index (χ1v) is 9.05. The number of rotatable bonds is 2. The largest absolute Gasteiger partial charge is 0.444 e. The Labute approximate surface area is 145 Å². The van der Waals surface area contributed by atoms with Gasteiger partial charge in [-0.2, -0.15) is 0 Å². The third-order valence-corrected chi connectivity index (χ3v) is 4.44. The second kappa shape index (κ2) is 8.40. The third-order valence-electron chi connectivity index (χ3n) is 4.44. The van der Waals surface area contributed by atoms with Crippen molar-refractivity contribution in [2.75, 3.05) is 26.2 Å². The van der Waals surface area contributed by atoms with Crippen molar-refractivity contribution in [3.05, 3.63) is 12.3 Å². The Morgan fingerprint density at radius 3 is 2.17 bits per heavy atom. The van der Waals surface area contributed by atoms with Crippen molar-refractivity contribution < 1.29 is 14.3 Å². The Morgan fingerprint density at radius 1 is 1.00 bits per heavy atom. The highest BCUT2D eigenvalue weighted by Gasteiger charge is 2.27. The summed E-state index contributed by atoms with van der Waals surface area (Å²) in [5.41, 5.74) is -0.491. The van der Waals surface area contributed by atoms with Crippen LogP contribution in [0.15, 0.2) is 12.3 Å². The molecule has 0 atom stereocenters.